The smallest absolute Gasteiger partial charge is 0.306 e. The summed E-state index contributed by atoms with van der Waals surface area (Å²) in [7, 11) is 0. The highest BCUT2D eigenvalue weighted by atomic mass is 16.6. The number of hydrogen-bond acceptors (Lipinski definition) is 7. The van der Waals surface area contributed by atoms with Gasteiger partial charge in [0.2, 0.25) is 0 Å². The molecule has 0 heterocycles. The molecule has 220 valence electrons. The van der Waals surface area contributed by atoms with E-state index >= 15 is 0 Å². The lowest BCUT2D eigenvalue weighted by atomic mass is 9.59. The molecule has 0 aliphatic heterocycles. The second kappa shape index (κ2) is 11.0. The van der Waals surface area contributed by atoms with Crippen molar-refractivity contribution in [2.75, 3.05) is 6.61 Å². The number of aliphatic hydroxyl groups is 4. The monoisotopic (exact) mass is 546 g/mol. The zero-order chi connectivity index (χ0) is 28.8. The van der Waals surface area contributed by atoms with Gasteiger partial charge in [0.05, 0.1) is 12.0 Å². The first-order valence-electron chi connectivity index (χ1n) is 15.2. The number of carbonyl (C=O) groups is 2. The van der Waals surface area contributed by atoms with Crippen molar-refractivity contribution in [2.24, 2.45) is 28.6 Å². The summed E-state index contributed by atoms with van der Waals surface area (Å²) in [4.78, 5) is 27.5. The summed E-state index contributed by atoms with van der Waals surface area (Å²) >= 11 is 0. The first-order chi connectivity index (χ1) is 18.4. The predicted octanol–water partition coefficient (Wildman–Crippen LogP) is 4.40. The van der Waals surface area contributed by atoms with Crippen LogP contribution >= 0.6 is 0 Å². The van der Waals surface area contributed by atoms with Crippen LogP contribution in [0.25, 0.3) is 0 Å². The molecule has 2 fully saturated rings. The zero-order valence-corrected chi connectivity index (χ0v) is 24.5. The number of unbranched alkanes of at least 4 members (excludes halogenated alkanes) is 8. The zero-order valence-electron chi connectivity index (χ0n) is 24.5. The van der Waals surface area contributed by atoms with Crippen LogP contribution in [-0.2, 0) is 14.3 Å². The van der Waals surface area contributed by atoms with Crippen molar-refractivity contribution in [3.05, 3.63) is 23.3 Å². The molecule has 0 radical (unpaired) electrons. The van der Waals surface area contributed by atoms with Crippen molar-refractivity contribution >= 4 is 11.8 Å². The summed E-state index contributed by atoms with van der Waals surface area (Å²) in [6.07, 6.45) is 11.2. The molecule has 4 N–H and O–H groups in total. The van der Waals surface area contributed by atoms with E-state index in [-0.39, 0.29) is 23.2 Å². The van der Waals surface area contributed by atoms with Crippen LogP contribution in [0.4, 0.5) is 0 Å². The molecule has 0 aromatic rings. The van der Waals surface area contributed by atoms with Gasteiger partial charge in [-0.2, -0.15) is 0 Å². The van der Waals surface area contributed by atoms with Gasteiger partial charge in [0.15, 0.2) is 5.78 Å². The Morgan fingerprint density at radius 3 is 2.21 bits per heavy atom. The molecule has 0 aromatic heterocycles. The Kier molecular flexibility index (Phi) is 8.61. The van der Waals surface area contributed by atoms with Crippen LogP contribution in [-0.4, -0.2) is 62.2 Å². The molecule has 4 rings (SSSR count). The maximum absolute atomic E-state index is 14.4. The third-order valence-corrected chi connectivity index (χ3v) is 10.8. The Balaban J connectivity index is 1.53. The van der Waals surface area contributed by atoms with E-state index in [1.165, 1.54) is 38.5 Å². The molecule has 2 saturated carbocycles. The van der Waals surface area contributed by atoms with Crippen molar-refractivity contribution in [1.82, 2.24) is 0 Å². The molecule has 0 amide bonds. The van der Waals surface area contributed by atoms with Crippen LogP contribution in [0, 0.1) is 28.6 Å². The molecule has 39 heavy (non-hydrogen) atoms. The van der Waals surface area contributed by atoms with Crippen molar-refractivity contribution in [1.29, 1.82) is 0 Å². The van der Waals surface area contributed by atoms with Gasteiger partial charge in [-0.05, 0) is 36.8 Å². The molecule has 8 atom stereocenters. The number of rotatable bonds is 12. The average Bonchev–Trinajstić information content (AvgIpc) is 3.30. The van der Waals surface area contributed by atoms with Crippen LogP contribution in [0.3, 0.4) is 0 Å². The summed E-state index contributed by atoms with van der Waals surface area (Å²) in [6, 6.07) is 0. The lowest BCUT2D eigenvalue weighted by molar-refractivity contribution is -0.191. The van der Waals surface area contributed by atoms with Crippen molar-refractivity contribution < 1.29 is 34.8 Å². The van der Waals surface area contributed by atoms with E-state index in [4.69, 9.17) is 4.74 Å². The molecular formula is C32H50O7. The Labute approximate surface area is 233 Å². The minimum Gasteiger partial charge on any atom is -0.458 e. The normalized spacial score (nSPS) is 40.1. The van der Waals surface area contributed by atoms with Crippen molar-refractivity contribution in [2.45, 2.75) is 129 Å². The first-order valence-corrected chi connectivity index (χ1v) is 15.2. The third-order valence-electron chi connectivity index (χ3n) is 10.8. The molecule has 2 bridgehead atoms. The number of carbonyl (C=O) groups excluding carboxylic acids is 2. The topological polar surface area (TPSA) is 124 Å². The van der Waals surface area contributed by atoms with Crippen LogP contribution in [0.1, 0.15) is 105 Å². The molecule has 7 heteroatoms. The minimum absolute atomic E-state index is 0.117. The predicted molar refractivity (Wildman–Crippen MR) is 149 cm³/mol. The number of hydrogen-bond donors (Lipinski definition) is 4. The fourth-order valence-electron chi connectivity index (χ4n) is 8.56. The SMILES string of the molecule is CCCCCCCCCCCC(=O)O[C@@]12C[C@@H](C)C34C=C(C)[C@H](O)[C@@]3(O)[C@H](O)C(CO)=CC(C4=O)[C@@H]1C2(C)C. The fourth-order valence-corrected chi connectivity index (χ4v) is 8.56. The Bertz CT molecular complexity index is 1010. The second-order valence-corrected chi connectivity index (χ2v) is 13.4. The number of Topliss-reactive ketones (excluding diaryl/α,β-unsaturated/α-hetero) is 1. The van der Waals surface area contributed by atoms with Gasteiger partial charge in [-0.15, -0.1) is 0 Å². The lowest BCUT2D eigenvalue weighted by Gasteiger charge is -2.48. The molecule has 0 aromatic carbocycles. The number of ether oxygens (including phenoxy) is 1. The Morgan fingerprint density at radius 1 is 1.03 bits per heavy atom. The minimum atomic E-state index is -2.21. The largest absolute Gasteiger partial charge is 0.458 e. The van der Waals surface area contributed by atoms with E-state index in [0.29, 0.717) is 18.4 Å². The van der Waals surface area contributed by atoms with E-state index in [1.54, 1.807) is 19.1 Å². The molecule has 1 spiro atoms. The molecule has 4 aliphatic carbocycles. The number of allylic oxidation sites excluding steroid dienone is 1. The van der Waals surface area contributed by atoms with Crippen LogP contribution in [0.15, 0.2) is 23.3 Å². The fraction of sp³-hybridized carbons (Fsp3) is 0.812. The maximum Gasteiger partial charge on any atom is 0.306 e. The van der Waals surface area contributed by atoms with Gasteiger partial charge in [-0.25, -0.2) is 0 Å². The molecular weight excluding hydrogens is 496 g/mol. The number of ketones is 1. The molecule has 2 unspecified atom stereocenters. The molecule has 4 aliphatic rings. The first kappa shape index (κ1) is 30.4. The highest BCUT2D eigenvalue weighted by Crippen LogP contribution is 2.75. The molecule has 7 nitrogen and oxygen atoms in total. The quantitative estimate of drug-likeness (QED) is 0.162. The van der Waals surface area contributed by atoms with Gasteiger partial charge in [-0.1, -0.05) is 91.2 Å². The van der Waals surface area contributed by atoms with E-state index in [1.807, 2.05) is 20.8 Å². The van der Waals surface area contributed by atoms with Crippen molar-refractivity contribution in [3.8, 4) is 0 Å². The van der Waals surface area contributed by atoms with Gasteiger partial charge in [0.1, 0.15) is 23.4 Å². The summed E-state index contributed by atoms with van der Waals surface area (Å²) in [5, 5.41) is 44.5. The second-order valence-electron chi connectivity index (χ2n) is 13.4. The van der Waals surface area contributed by atoms with Gasteiger partial charge in [-0.3, -0.25) is 9.59 Å². The Morgan fingerprint density at radius 2 is 1.62 bits per heavy atom. The van der Waals surface area contributed by atoms with Crippen LogP contribution in [0.2, 0.25) is 0 Å². The van der Waals surface area contributed by atoms with Gasteiger partial charge in [0.25, 0.3) is 0 Å². The van der Waals surface area contributed by atoms with Gasteiger partial charge < -0.3 is 25.2 Å². The number of esters is 1. The third kappa shape index (κ3) is 4.47. The highest BCUT2D eigenvalue weighted by molar-refractivity contribution is 5.95. The number of aliphatic hydroxyl groups excluding tert-OH is 3. The summed E-state index contributed by atoms with van der Waals surface area (Å²) in [5.74, 6) is -2.21. The van der Waals surface area contributed by atoms with E-state index in [0.717, 1.165) is 19.3 Å². The maximum atomic E-state index is 14.4. The number of fused-ring (bicyclic) bond motifs is 3. The molecule has 0 saturated heterocycles. The van der Waals surface area contributed by atoms with Crippen molar-refractivity contribution in [3.63, 3.8) is 0 Å². The summed E-state index contributed by atoms with van der Waals surface area (Å²) in [5.41, 5.74) is -4.64. The van der Waals surface area contributed by atoms with E-state index in [2.05, 4.69) is 6.92 Å². The van der Waals surface area contributed by atoms with E-state index in [9.17, 15) is 30.0 Å². The Hall–Kier alpha value is -1.54. The summed E-state index contributed by atoms with van der Waals surface area (Å²) in [6.45, 7) is 9.16. The average molecular weight is 547 g/mol. The standard InChI is InChI=1S/C32H50O7/c1-6-7-8-9-10-11-12-13-14-15-24(34)39-31-18-21(3)30-17-20(2)26(35)32(30,38)27(36)22(19-33)16-23(28(30)37)25(31)29(31,4)5/h16-17,21,23,25-27,33,35-36,38H,6-15,18-19H2,1-5H3/t21-,23?,25-,26+,27-,30?,31+,32-/m1/s1. The lowest BCUT2D eigenvalue weighted by Crippen LogP contribution is -2.65. The van der Waals surface area contributed by atoms with E-state index < -0.39 is 52.7 Å². The van der Waals surface area contributed by atoms with Gasteiger partial charge in [0, 0.05) is 23.7 Å². The van der Waals surface area contributed by atoms with Gasteiger partial charge >= 0.3 is 5.97 Å². The van der Waals surface area contributed by atoms with Crippen LogP contribution in [0.5, 0.6) is 0 Å². The summed E-state index contributed by atoms with van der Waals surface area (Å²) < 4.78 is 6.31. The highest BCUT2D eigenvalue weighted by Gasteiger charge is 2.83. The van der Waals surface area contributed by atoms with Crippen LogP contribution < -0.4 is 0 Å².